The lowest BCUT2D eigenvalue weighted by molar-refractivity contribution is -0.138. The van der Waals surface area contributed by atoms with E-state index in [-0.39, 0.29) is 12.2 Å². The lowest BCUT2D eigenvalue weighted by atomic mass is 10.1. The summed E-state index contributed by atoms with van der Waals surface area (Å²) in [5.74, 6) is 0.497. The van der Waals surface area contributed by atoms with Gasteiger partial charge in [0.15, 0.2) is 0 Å². The number of halogens is 1. The van der Waals surface area contributed by atoms with Crippen molar-refractivity contribution >= 4 is 28.6 Å². The second-order valence-electron chi connectivity index (χ2n) is 4.96. The highest BCUT2D eigenvalue weighted by molar-refractivity contribution is 14.1. The van der Waals surface area contributed by atoms with Crippen LogP contribution in [-0.4, -0.2) is 22.2 Å². The number of aryl methyl sites for hydroxylation is 1. The number of carboxylic acid groups (broad SMARTS) is 1. The van der Waals surface area contributed by atoms with Crippen molar-refractivity contribution in [2.24, 2.45) is 5.73 Å². The van der Waals surface area contributed by atoms with Crippen LogP contribution >= 0.6 is 22.6 Å². The summed E-state index contributed by atoms with van der Waals surface area (Å²) in [6.07, 6.45) is 0.268. The SMILES string of the molecule is Cc1cc(Oc2ccc(CC(N)C(=O)O)cc2I)ccc1O. The molecule has 0 radical (unpaired) electrons. The van der Waals surface area contributed by atoms with E-state index in [1.807, 2.05) is 6.07 Å². The van der Waals surface area contributed by atoms with Gasteiger partial charge in [-0.2, -0.15) is 0 Å². The third kappa shape index (κ3) is 4.11. The second kappa shape index (κ2) is 6.97. The van der Waals surface area contributed by atoms with Crippen molar-refractivity contribution in [1.82, 2.24) is 0 Å². The number of hydrogen-bond acceptors (Lipinski definition) is 4. The van der Waals surface area contributed by atoms with Crippen LogP contribution in [0.1, 0.15) is 11.1 Å². The molecule has 0 aliphatic carbocycles. The fourth-order valence-electron chi connectivity index (χ4n) is 1.91. The number of benzene rings is 2. The maximum Gasteiger partial charge on any atom is 0.320 e. The maximum absolute atomic E-state index is 10.8. The molecule has 0 saturated heterocycles. The minimum Gasteiger partial charge on any atom is -0.508 e. The first-order valence-corrected chi connectivity index (χ1v) is 7.69. The normalized spacial score (nSPS) is 12.0. The van der Waals surface area contributed by atoms with Crippen molar-refractivity contribution in [1.29, 1.82) is 0 Å². The lowest BCUT2D eigenvalue weighted by Crippen LogP contribution is -2.32. The summed E-state index contributed by atoms with van der Waals surface area (Å²) in [6.45, 7) is 1.80. The first kappa shape index (κ1) is 16.6. The Bertz CT molecular complexity index is 703. The summed E-state index contributed by atoms with van der Waals surface area (Å²) < 4.78 is 6.65. The van der Waals surface area contributed by atoms with E-state index in [2.05, 4.69) is 22.6 Å². The van der Waals surface area contributed by atoms with E-state index in [1.165, 1.54) is 0 Å². The zero-order chi connectivity index (χ0) is 16.3. The zero-order valence-corrected chi connectivity index (χ0v) is 14.1. The molecule has 0 aromatic heterocycles. The van der Waals surface area contributed by atoms with Crippen molar-refractivity contribution in [2.45, 2.75) is 19.4 Å². The van der Waals surface area contributed by atoms with Gasteiger partial charge >= 0.3 is 5.97 Å². The fourth-order valence-corrected chi connectivity index (χ4v) is 2.60. The molecule has 0 bridgehead atoms. The van der Waals surface area contributed by atoms with E-state index >= 15 is 0 Å². The number of carbonyl (C=O) groups is 1. The molecular weight excluding hydrogens is 397 g/mol. The molecule has 1 unspecified atom stereocenters. The molecule has 0 aliphatic rings. The van der Waals surface area contributed by atoms with Gasteiger partial charge in [0, 0.05) is 0 Å². The number of phenolic OH excluding ortho intramolecular Hbond substituents is 1. The van der Waals surface area contributed by atoms with E-state index in [0.717, 1.165) is 14.7 Å². The Kier molecular flexibility index (Phi) is 5.25. The number of rotatable bonds is 5. The third-order valence-corrected chi connectivity index (χ3v) is 4.01. The molecule has 2 rings (SSSR count). The minimum atomic E-state index is -1.02. The van der Waals surface area contributed by atoms with Crippen LogP contribution in [0, 0.1) is 10.5 Å². The molecule has 0 heterocycles. The summed E-state index contributed by atoms with van der Waals surface area (Å²) in [5.41, 5.74) is 7.11. The Balaban J connectivity index is 2.15. The largest absolute Gasteiger partial charge is 0.508 e. The molecule has 5 nitrogen and oxygen atoms in total. The van der Waals surface area contributed by atoms with Crippen LogP contribution < -0.4 is 10.5 Å². The van der Waals surface area contributed by atoms with Gasteiger partial charge in [-0.05, 0) is 77.4 Å². The number of aliphatic carboxylic acids is 1. The molecule has 116 valence electrons. The van der Waals surface area contributed by atoms with Gasteiger partial charge in [-0.25, -0.2) is 0 Å². The predicted octanol–water partition coefficient (Wildman–Crippen LogP) is 3.05. The van der Waals surface area contributed by atoms with Crippen LogP contribution in [0.25, 0.3) is 0 Å². The Morgan fingerprint density at radius 2 is 2.05 bits per heavy atom. The molecule has 6 heteroatoms. The van der Waals surface area contributed by atoms with Crippen molar-refractivity contribution < 1.29 is 19.7 Å². The molecule has 2 aromatic rings. The molecule has 0 saturated carbocycles. The molecule has 0 amide bonds. The zero-order valence-electron chi connectivity index (χ0n) is 11.9. The van der Waals surface area contributed by atoms with Crippen LogP contribution in [0.5, 0.6) is 17.2 Å². The first-order valence-electron chi connectivity index (χ1n) is 6.61. The second-order valence-corrected chi connectivity index (χ2v) is 6.13. The van der Waals surface area contributed by atoms with Gasteiger partial charge in [-0.15, -0.1) is 0 Å². The molecule has 22 heavy (non-hydrogen) atoms. The summed E-state index contributed by atoms with van der Waals surface area (Å²) in [6, 6.07) is 9.54. The quantitative estimate of drug-likeness (QED) is 0.656. The number of carboxylic acids is 1. The highest BCUT2D eigenvalue weighted by Gasteiger charge is 2.13. The van der Waals surface area contributed by atoms with E-state index in [9.17, 15) is 9.90 Å². The Hall–Kier alpha value is -1.80. The third-order valence-electron chi connectivity index (χ3n) is 3.17. The standard InChI is InChI=1S/C16H16INO4/c1-9-6-11(3-4-14(9)19)22-15-5-2-10(7-12(15)17)8-13(18)16(20)21/h2-7,13,19H,8,18H2,1H3,(H,20,21). The number of nitrogens with two attached hydrogens (primary N) is 1. The smallest absolute Gasteiger partial charge is 0.320 e. The van der Waals surface area contributed by atoms with Gasteiger partial charge in [0.1, 0.15) is 23.3 Å². The van der Waals surface area contributed by atoms with Crippen molar-refractivity contribution in [2.75, 3.05) is 0 Å². The Morgan fingerprint density at radius 3 is 2.64 bits per heavy atom. The van der Waals surface area contributed by atoms with Gasteiger partial charge in [-0.3, -0.25) is 4.79 Å². The van der Waals surface area contributed by atoms with Gasteiger partial charge in [0.05, 0.1) is 3.57 Å². The van der Waals surface area contributed by atoms with Crippen LogP contribution in [-0.2, 0) is 11.2 Å². The summed E-state index contributed by atoms with van der Waals surface area (Å²) in [7, 11) is 0. The summed E-state index contributed by atoms with van der Waals surface area (Å²) in [5, 5.41) is 18.4. The number of aromatic hydroxyl groups is 1. The van der Waals surface area contributed by atoms with E-state index < -0.39 is 12.0 Å². The van der Waals surface area contributed by atoms with Gasteiger partial charge in [0.2, 0.25) is 0 Å². The van der Waals surface area contributed by atoms with E-state index in [1.54, 1.807) is 37.3 Å². The van der Waals surface area contributed by atoms with Crippen molar-refractivity contribution in [3.8, 4) is 17.2 Å². The van der Waals surface area contributed by atoms with Crippen LogP contribution in [0.2, 0.25) is 0 Å². The van der Waals surface area contributed by atoms with Crippen molar-refractivity contribution in [3.05, 3.63) is 51.1 Å². The van der Waals surface area contributed by atoms with Crippen LogP contribution in [0.4, 0.5) is 0 Å². The van der Waals surface area contributed by atoms with E-state index in [4.69, 9.17) is 15.6 Å². The minimum absolute atomic E-state index is 0.222. The molecule has 4 N–H and O–H groups in total. The first-order chi connectivity index (χ1) is 10.4. The molecule has 0 spiro atoms. The van der Waals surface area contributed by atoms with Gasteiger partial charge in [0.25, 0.3) is 0 Å². The van der Waals surface area contributed by atoms with Gasteiger partial charge < -0.3 is 20.7 Å². The summed E-state index contributed by atoms with van der Waals surface area (Å²) >= 11 is 2.13. The van der Waals surface area contributed by atoms with Crippen LogP contribution in [0.3, 0.4) is 0 Å². The molecule has 1 atom stereocenters. The Labute approximate surface area is 141 Å². The molecule has 0 aliphatic heterocycles. The lowest BCUT2D eigenvalue weighted by Gasteiger charge is -2.11. The Morgan fingerprint density at radius 1 is 1.32 bits per heavy atom. The highest BCUT2D eigenvalue weighted by Crippen LogP contribution is 2.30. The average molecular weight is 413 g/mol. The van der Waals surface area contributed by atoms with E-state index in [0.29, 0.717) is 11.5 Å². The monoisotopic (exact) mass is 413 g/mol. The number of phenols is 1. The average Bonchev–Trinajstić information content (AvgIpc) is 2.45. The van der Waals surface area contributed by atoms with Crippen LogP contribution in [0.15, 0.2) is 36.4 Å². The molecule has 2 aromatic carbocycles. The number of hydrogen-bond donors (Lipinski definition) is 3. The fraction of sp³-hybridized carbons (Fsp3) is 0.188. The number of ether oxygens (including phenoxy) is 1. The summed E-state index contributed by atoms with van der Waals surface area (Å²) in [4.78, 5) is 10.8. The highest BCUT2D eigenvalue weighted by atomic mass is 127. The predicted molar refractivity (Wildman–Crippen MR) is 91.4 cm³/mol. The molecular formula is C16H16INO4. The maximum atomic E-state index is 10.8. The van der Waals surface area contributed by atoms with Crippen molar-refractivity contribution in [3.63, 3.8) is 0 Å². The topological polar surface area (TPSA) is 92.8 Å². The molecule has 0 fully saturated rings. The van der Waals surface area contributed by atoms with Gasteiger partial charge in [-0.1, -0.05) is 6.07 Å².